The highest BCUT2D eigenvalue weighted by Crippen LogP contribution is 2.27. The summed E-state index contributed by atoms with van der Waals surface area (Å²) in [6.07, 6.45) is 5.71. The lowest BCUT2D eigenvalue weighted by atomic mass is 9.96. The van der Waals surface area contributed by atoms with Crippen molar-refractivity contribution < 1.29 is 9.32 Å². The second-order valence-electron chi connectivity index (χ2n) is 6.47. The quantitative estimate of drug-likeness (QED) is 0.857. The van der Waals surface area contributed by atoms with Gasteiger partial charge < -0.3 is 9.42 Å². The van der Waals surface area contributed by atoms with Gasteiger partial charge in [0.1, 0.15) is 6.33 Å². The fraction of sp³-hybridized carbons (Fsp3) is 0.588. The van der Waals surface area contributed by atoms with Gasteiger partial charge in [0.25, 0.3) is 5.91 Å². The van der Waals surface area contributed by atoms with Crippen LogP contribution in [0, 0.1) is 0 Å². The van der Waals surface area contributed by atoms with Gasteiger partial charge in [-0.2, -0.15) is 4.98 Å². The zero-order valence-corrected chi connectivity index (χ0v) is 14.4. The van der Waals surface area contributed by atoms with Gasteiger partial charge in [-0.3, -0.25) is 4.79 Å². The molecule has 0 radical (unpaired) electrons. The third kappa shape index (κ3) is 3.29. The van der Waals surface area contributed by atoms with Crippen LogP contribution in [0.25, 0.3) is 0 Å². The molecular weight excluding hydrogens is 306 g/mol. The maximum absolute atomic E-state index is 12.9. The molecule has 0 aliphatic carbocycles. The first-order valence-corrected chi connectivity index (χ1v) is 8.51. The largest absolute Gasteiger partial charge is 0.339 e. The van der Waals surface area contributed by atoms with E-state index in [1.54, 1.807) is 6.20 Å². The van der Waals surface area contributed by atoms with Crippen molar-refractivity contribution in [2.75, 3.05) is 13.1 Å². The van der Waals surface area contributed by atoms with Crippen molar-refractivity contribution in [2.24, 2.45) is 0 Å². The van der Waals surface area contributed by atoms with Crippen molar-refractivity contribution in [3.63, 3.8) is 0 Å². The number of aromatic nitrogens is 4. The molecular formula is C17H23N5O2. The van der Waals surface area contributed by atoms with Crippen molar-refractivity contribution in [3.05, 3.63) is 35.5 Å². The molecule has 3 heterocycles. The number of rotatable bonds is 4. The second-order valence-corrected chi connectivity index (χ2v) is 6.47. The molecule has 3 rings (SSSR count). The van der Waals surface area contributed by atoms with Crippen LogP contribution < -0.4 is 0 Å². The van der Waals surface area contributed by atoms with Crippen LogP contribution in [0.4, 0.5) is 0 Å². The van der Waals surface area contributed by atoms with Gasteiger partial charge in [0.2, 0.25) is 5.89 Å². The maximum atomic E-state index is 12.9. The van der Waals surface area contributed by atoms with Gasteiger partial charge in [-0.25, -0.2) is 9.97 Å². The van der Waals surface area contributed by atoms with E-state index in [2.05, 4.69) is 20.1 Å². The second kappa shape index (κ2) is 7.07. The Morgan fingerprint density at radius 2 is 2.29 bits per heavy atom. The first-order valence-electron chi connectivity index (χ1n) is 8.51. The Balaban J connectivity index is 1.76. The van der Waals surface area contributed by atoms with Crippen molar-refractivity contribution >= 4 is 5.91 Å². The minimum absolute atomic E-state index is 0.00951. The first-order chi connectivity index (χ1) is 11.6. The van der Waals surface area contributed by atoms with Crippen molar-refractivity contribution in [1.29, 1.82) is 0 Å². The monoisotopic (exact) mass is 329 g/mol. The molecule has 2 aromatic heterocycles. The lowest BCUT2D eigenvalue weighted by molar-refractivity contribution is 0.0701. The molecule has 7 heteroatoms. The van der Waals surface area contributed by atoms with E-state index in [4.69, 9.17) is 4.52 Å². The van der Waals surface area contributed by atoms with Crippen LogP contribution in [0.1, 0.15) is 73.2 Å². The van der Waals surface area contributed by atoms with E-state index in [0.29, 0.717) is 30.2 Å². The zero-order chi connectivity index (χ0) is 17.1. The van der Waals surface area contributed by atoms with Crippen LogP contribution in [-0.4, -0.2) is 44.0 Å². The van der Waals surface area contributed by atoms with E-state index in [1.807, 2.05) is 25.7 Å². The molecule has 0 aromatic carbocycles. The lowest BCUT2D eigenvalue weighted by Gasteiger charge is -2.31. The number of aryl methyl sites for hydroxylation is 1. The minimum atomic E-state index is -0.00951. The van der Waals surface area contributed by atoms with Crippen LogP contribution in [0.5, 0.6) is 0 Å². The Bertz CT molecular complexity index is 713. The highest BCUT2D eigenvalue weighted by atomic mass is 16.5. The molecule has 0 N–H and O–H groups in total. The summed E-state index contributed by atoms with van der Waals surface area (Å²) in [6.45, 7) is 7.38. The van der Waals surface area contributed by atoms with Gasteiger partial charge in [-0.05, 0) is 19.3 Å². The molecule has 1 saturated heterocycles. The standard InChI is InChI=1S/C17H23N5O2/c1-4-14-13(8-18-10-19-14)17(23)22-7-5-6-12(9-22)15-20-16(11(2)3)24-21-15/h8,10-12H,4-7,9H2,1-3H3. The predicted octanol–water partition coefficient (Wildman–Crippen LogP) is 2.57. The van der Waals surface area contributed by atoms with Crippen molar-refractivity contribution in [3.8, 4) is 0 Å². The smallest absolute Gasteiger partial charge is 0.257 e. The van der Waals surface area contributed by atoms with Gasteiger partial charge in [0.15, 0.2) is 5.82 Å². The normalized spacial score (nSPS) is 18.2. The van der Waals surface area contributed by atoms with Crippen LogP contribution in [0.15, 0.2) is 17.0 Å². The summed E-state index contributed by atoms with van der Waals surface area (Å²) in [5, 5.41) is 4.11. The summed E-state index contributed by atoms with van der Waals surface area (Å²) >= 11 is 0. The SMILES string of the molecule is CCc1ncncc1C(=O)N1CCCC(c2noc(C(C)C)n2)C1. The number of piperidine rings is 1. The average Bonchev–Trinajstić information content (AvgIpc) is 3.11. The Kier molecular flexibility index (Phi) is 4.87. The van der Waals surface area contributed by atoms with E-state index in [9.17, 15) is 4.79 Å². The summed E-state index contributed by atoms with van der Waals surface area (Å²) in [6, 6.07) is 0. The summed E-state index contributed by atoms with van der Waals surface area (Å²) in [5.74, 6) is 1.67. The molecule has 1 aliphatic rings. The molecule has 128 valence electrons. The third-order valence-electron chi connectivity index (χ3n) is 4.39. The molecule has 0 bridgehead atoms. The molecule has 1 aliphatic heterocycles. The molecule has 1 amide bonds. The Morgan fingerprint density at radius 3 is 3.00 bits per heavy atom. The highest BCUT2D eigenvalue weighted by molar-refractivity contribution is 5.95. The Labute approximate surface area is 141 Å². The lowest BCUT2D eigenvalue weighted by Crippen LogP contribution is -2.40. The van der Waals surface area contributed by atoms with Crippen LogP contribution in [0.2, 0.25) is 0 Å². The van der Waals surface area contributed by atoms with Gasteiger partial charge >= 0.3 is 0 Å². The summed E-state index contributed by atoms with van der Waals surface area (Å²) in [5.41, 5.74) is 1.38. The molecule has 7 nitrogen and oxygen atoms in total. The number of carbonyl (C=O) groups excluding carboxylic acids is 1. The topological polar surface area (TPSA) is 85.0 Å². The number of nitrogens with zero attached hydrogens (tertiary/aromatic N) is 5. The Morgan fingerprint density at radius 1 is 1.46 bits per heavy atom. The van der Waals surface area contributed by atoms with Gasteiger partial charge in [0.05, 0.1) is 11.3 Å². The van der Waals surface area contributed by atoms with E-state index in [1.165, 1.54) is 6.33 Å². The van der Waals surface area contributed by atoms with E-state index < -0.39 is 0 Å². The molecule has 1 unspecified atom stereocenters. The molecule has 2 aromatic rings. The van der Waals surface area contributed by atoms with Crippen LogP contribution >= 0.6 is 0 Å². The molecule has 1 atom stereocenters. The van der Waals surface area contributed by atoms with E-state index in [0.717, 1.165) is 25.1 Å². The maximum Gasteiger partial charge on any atom is 0.257 e. The molecule has 1 fully saturated rings. The predicted molar refractivity (Wildman–Crippen MR) is 87.7 cm³/mol. The average molecular weight is 329 g/mol. The molecule has 24 heavy (non-hydrogen) atoms. The Hall–Kier alpha value is -2.31. The van der Waals surface area contributed by atoms with Gasteiger partial charge in [-0.15, -0.1) is 0 Å². The zero-order valence-electron chi connectivity index (χ0n) is 14.4. The van der Waals surface area contributed by atoms with Crippen LogP contribution in [-0.2, 0) is 6.42 Å². The number of hydrogen-bond acceptors (Lipinski definition) is 6. The van der Waals surface area contributed by atoms with E-state index in [-0.39, 0.29) is 17.7 Å². The fourth-order valence-corrected chi connectivity index (χ4v) is 3.01. The number of hydrogen-bond donors (Lipinski definition) is 0. The van der Waals surface area contributed by atoms with E-state index >= 15 is 0 Å². The summed E-state index contributed by atoms with van der Waals surface area (Å²) in [7, 11) is 0. The number of likely N-dealkylation sites (tertiary alicyclic amines) is 1. The third-order valence-corrected chi connectivity index (χ3v) is 4.39. The minimum Gasteiger partial charge on any atom is -0.339 e. The summed E-state index contributed by atoms with van der Waals surface area (Å²) in [4.78, 5) is 27.4. The van der Waals surface area contributed by atoms with Crippen molar-refractivity contribution in [2.45, 2.75) is 51.9 Å². The number of amides is 1. The van der Waals surface area contributed by atoms with Crippen LogP contribution in [0.3, 0.4) is 0 Å². The van der Waals surface area contributed by atoms with Crippen molar-refractivity contribution in [1.82, 2.24) is 25.0 Å². The first kappa shape index (κ1) is 16.5. The highest BCUT2D eigenvalue weighted by Gasteiger charge is 2.29. The summed E-state index contributed by atoms with van der Waals surface area (Å²) < 4.78 is 5.31. The number of carbonyl (C=O) groups is 1. The van der Waals surface area contributed by atoms with Gasteiger partial charge in [0, 0.05) is 31.1 Å². The fourth-order valence-electron chi connectivity index (χ4n) is 3.01. The molecule has 0 saturated carbocycles. The molecule has 0 spiro atoms. The van der Waals surface area contributed by atoms with Gasteiger partial charge in [-0.1, -0.05) is 25.9 Å².